The molecule has 0 spiro atoms. The number of hydrogen-bond donors (Lipinski definition) is 2. The van der Waals surface area contributed by atoms with Crippen LogP contribution in [0.4, 0.5) is 16.3 Å². The molecule has 0 saturated carbocycles. The quantitative estimate of drug-likeness (QED) is 0.448. The van der Waals surface area contributed by atoms with Crippen molar-refractivity contribution in [2.75, 3.05) is 9.80 Å². The first-order chi connectivity index (χ1) is 16.5. The average Bonchev–Trinajstić information content (AvgIpc) is 3.41. The molecule has 1 aliphatic heterocycles. The minimum Gasteiger partial charge on any atom is -0.465 e. The molecule has 0 bridgehead atoms. The Balaban J connectivity index is 1.47. The van der Waals surface area contributed by atoms with Crippen molar-refractivity contribution in [3.8, 4) is 22.5 Å². The number of fused-ring (bicyclic) bond motifs is 1. The molecule has 9 heteroatoms. The third kappa shape index (κ3) is 3.61. The zero-order chi connectivity index (χ0) is 23.8. The fraction of sp³-hybridized carbons (Fsp3) is 0.200. The van der Waals surface area contributed by atoms with Gasteiger partial charge in [-0.3, -0.25) is 14.4 Å². The van der Waals surface area contributed by atoms with Crippen molar-refractivity contribution >= 4 is 17.6 Å². The van der Waals surface area contributed by atoms with Crippen molar-refractivity contribution < 1.29 is 14.4 Å². The molecule has 1 amide bonds. The van der Waals surface area contributed by atoms with Crippen LogP contribution in [-0.4, -0.2) is 32.5 Å². The lowest BCUT2D eigenvalue weighted by Gasteiger charge is -2.29. The smallest absolute Gasteiger partial charge is 0.439 e. The molecule has 4 aromatic rings. The molecule has 0 saturated heterocycles. The third-order valence-electron chi connectivity index (χ3n) is 6.09. The van der Waals surface area contributed by atoms with E-state index in [1.165, 1.54) is 4.90 Å². The summed E-state index contributed by atoms with van der Waals surface area (Å²) in [5.74, 6) is 0.453. The summed E-state index contributed by atoms with van der Waals surface area (Å²) in [7, 11) is 0. The molecular weight excluding hydrogens is 434 g/mol. The predicted molar refractivity (Wildman–Crippen MR) is 128 cm³/mol. The van der Waals surface area contributed by atoms with Gasteiger partial charge in [-0.05, 0) is 41.7 Å². The van der Waals surface area contributed by atoms with Crippen molar-refractivity contribution in [2.45, 2.75) is 33.0 Å². The molecule has 9 nitrogen and oxygen atoms in total. The van der Waals surface area contributed by atoms with E-state index in [0.717, 1.165) is 27.8 Å². The number of benzene rings is 2. The molecule has 1 aliphatic rings. The second-order valence-electron chi connectivity index (χ2n) is 8.16. The molecule has 2 aromatic carbocycles. The number of pyridine rings is 1. The number of H-pyrrole nitrogens is 1. The van der Waals surface area contributed by atoms with E-state index >= 15 is 0 Å². The Morgan fingerprint density at radius 1 is 1.12 bits per heavy atom. The predicted octanol–water partition coefficient (Wildman–Crippen LogP) is 4.64. The number of aromatic nitrogens is 3. The Labute approximate surface area is 195 Å². The summed E-state index contributed by atoms with van der Waals surface area (Å²) in [6.45, 7) is 4.40. The highest BCUT2D eigenvalue weighted by Crippen LogP contribution is 2.42. The number of carboxylic acid groups (broad SMARTS) is 1. The number of rotatable bonds is 5. The number of nitrogens with one attached hydrogen (secondary N) is 1. The normalized spacial score (nSPS) is 14.9. The van der Waals surface area contributed by atoms with Crippen molar-refractivity contribution in [1.82, 2.24) is 15.1 Å². The molecule has 34 heavy (non-hydrogen) atoms. The van der Waals surface area contributed by atoms with E-state index < -0.39 is 11.8 Å². The van der Waals surface area contributed by atoms with Crippen LogP contribution in [0, 0.1) is 6.92 Å². The summed E-state index contributed by atoms with van der Waals surface area (Å²) in [6.07, 6.45) is 1.03. The summed E-state index contributed by atoms with van der Waals surface area (Å²) in [6, 6.07) is 17.5. The monoisotopic (exact) mass is 457 g/mol. The van der Waals surface area contributed by atoms with Crippen LogP contribution in [0.5, 0.6) is 0 Å². The van der Waals surface area contributed by atoms with E-state index in [1.54, 1.807) is 6.20 Å². The standard InChI is InChI=1S/C25H23N5O4/c1-3-20-29(23-21(30(20)25(32)33)15(2)12-13-26-23)14-16-8-10-17(11-9-16)18-6-4-5-7-19(18)22-27-24(31)34-28-22/h4-13,20H,3,14H2,1-2H3,(H,32,33)(H,27,28,31). The lowest BCUT2D eigenvalue weighted by molar-refractivity contribution is 0.199. The second kappa shape index (κ2) is 8.51. The fourth-order valence-corrected chi connectivity index (χ4v) is 4.55. The van der Waals surface area contributed by atoms with Gasteiger partial charge in [-0.15, -0.1) is 0 Å². The van der Waals surface area contributed by atoms with Crippen molar-refractivity contribution in [3.63, 3.8) is 0 Å². The van der Waals surface area contributed by atoms with E-state index in [-0.39, 0.29) is 6.17 Å². The molecule has 0 aliphatic carbocycles. The molecule has 2 aromatic heterocycles. The molecule has 1 unspecified atom stereocenters. The van der Waals surface area contributed by atoms with Gasteiger partial charge in [-0.1, -0.05) is 60.6 Å². The van der Waals surface area contributed by atoms with E-state index in [9.17, 15) is 14.7 Å². The first-order valence-electron chi connectivity index (χ1n) is 11.0. The molecule has 0 fully saturated rings. The number of nitrogens with zero attached hydrogens (tertiary/aromatic N) is 4. The van der Waals surface area contributed by atoms with E-state index in [1.807, 2.05) is 73.3 Å². The zero-order valence-corrected chi connectivity index (χ0v) is 18.7. The van der Waals surface area contributed by atoms with Crippen LogP contribution < -0.4 is 15.6 Å². The minimum absolute atomic E-state index is 0.328. The largest absolute Gasteiger partial charge is 0.465 e. The summed E-state index contributed by atoms with van der Waals surface area (Å²) in [5.41, 5.74) is 5.18. The van der Waals surface area contributed by atoms with Gasteiger partial charge in [-0.2, -0.15) is 0 Å². The van der Waals surface area contributed by atoms with Crippen molar-refractivity contribution in [3.05, 3.63) is 82.5 Å². The fourth-order valence-electron chi connectivity index (χ4n) is 4.55. The average molecular weight is 457 g/mol. The van der Waals surface area contributed by atoms with Gasteiger partial charge in [0.1, 0.15) is 6.17 Å². The maximum atomic E-state index is 12.1. The molecule has 2 N–H and O–H groups in total. The summed E-state index contributed by atoms with van der Waals surface area (Å²) in [4.78, 5) is 34.1. The highest BCUT2D eigenvalue weighted by molar-refractivity contribution is 5.96. The van der Waals surface area contributed by atoms with Gasteiger partial charge in [0.15, 0.2) is 11.6 Å². The van der Waals surface area contributed by atoms with Gasteiger partial charge < -0.3 is 10.0 Å². The van der Waals surface area contributed by atoms with E-state index in [4.69, 9.17) is 0 Å². The number of aryl methyl sites for hydroxylation is 1. The van der Waals surface area contributed by atoms with Crippen LogP contribution in [-0.2, 0) is 6.54 Å². The number of carbonyl (C=O) groups is 1. The second-order valence-corrected chi connectivity index (χ2v) is 8.16. The number of hydrogen-bond acceptors (Lipinski definition) is 6. The zero-order valence-electron chi connectivity index (χ0n) is 18.7. The highest BCUT2D eigenvalue weighted by atomic mass is 16.5. The Morgan fingerprint density at radius 2 is 1.85 bits per heavy atom. The minimum atomic E-state index is -0.982. The van der Waals surface area contributed by atoms with Crippen molar-refractivity contribution in [1.29, 1.82) is 0 Å². The van der Waals surface area contributed by atoms with Gasteiger partial charge in [0.05, 0.1) is 5.69 Å². The molecule has 5 rings (SSSR count). The van der Waals surface area contributed by atoms with Gasteiger partial charge in [0.25, 0.3) is 0 Å². The Hall–Kier alpha value is -4.40. The van der Waals surface area contributed by atoms with E-state index in [0.29, 0.717) is 30.3 Å². The molecule has 172 valence electrons. The third-order valence-corrected chi connectivity index (χ3v) is 6.09. The number of amides is 1. The van der Waals surface area contributed by atoms with E-state index in [2.05, 4.69) is 19.6 Å². The first-order valence-corrected chi connectivity index (χ1v) is 11.0. The lowest BCUT2D eigenvalue weighted by Crippen LogP contribution is -2.45. The Kier molecular flexibility index (Phi) is 5.37. The van der Waals surface area contributed by atoms with Gasteiger partial charge in [-0.25, -0.2) is 14.6 Å². The maximum Gasteiger partial charge on any atom is 0.439 e. The first kappa shape index (κ1) is 21.4. The van der Waals surface area contributed by atoms with Gasteiger partial charge >= 0.3 is 11.8 Å². The SMILES string of the molecule is CCC1N(Cc2ccc(-c3ccccc3-c3noc(=O)[nH]3)cc2)c2nccc(C)c2N1C(=O)O. The Bertz CT molecular complexity index is 1410. The van der Waals surface area contributed by atoms with Crippen LogP contribution in [0.25, 0.3) is 22.5 Å². The van der Waals surface area contributed by atoms with Crippen LogP contribution in [0.1, 0.15) is 24.5 Å². The van der Waals surface area contributed by atoms with Gasteiger partial charge in [0, 0.05) is 18.3 Å². The number of anilines is 2. The lowest BCUT2D eigenvalue weighted by atomic mass is 9.98. The number of aromatic amines is 1. The summed E-state index contributed by atoms with van der Waals surface area (Å²) in [5, 5.41) is 13.7. The summed E-state index contributed by atoms with van der Waals surface area (Å²) < 4.78 is 4.67. The van der Waals surface area contributed by atoms with Crippen LogP contribution in [0.15, 0.2) is 70.1 Å². The highest BCUT2D eigenvalue weighted by Gasteiger charge is 2.40. The molecule has 3 heterocycles. The van der Waals surface area contributed by atoms with Crippen LogP contribution >= 0.6 is 0 Å². The molecular formula is C25H23N5O4. The van der Waals surface area contributed by atoms with Crippen LogP contribution in [0.3, 0.4) is 0 Å². The molecule has 0 radical (unpaired) electrons. The topological polar surface area (TPSA) is 116 Å². The summed E-state index contributed by atoms with van der Waals surface area (Å²) >= 11 is 0. The maximum absolute atomic E-state index is 12.1. The van der Waals surface area contributed by atoms with Crippen molar-refractivity contribution in [2.24, 2.45) is 0 Å². The molecule has 1 atom stereocenters. The van der Waals surface area contributed by atoms with Crippen LogP contribution in [0.2, 0.25) is 0 Å². The Morgan fingerprint density at radius 3 is 2.50 bits per heavy atom. The van der Waals surface area contributed by atoms with Gasteiger partial charge in [0.2, 0.25) is 0 Å².